The Hall–Kier alpha value is -2.29. The molecule has 1 atom stereocenters. The molecule has 7 nitrogen and oxygen atoms in total. The molecule has 0 spiro atoms. The number of anilines is 1. The van der Waals surface area contributed by atoms with Gasteiger partial charge in [-0.25, -0.2) is 8.42 Å². The van der Waals surface area contributed by atoms with Crippen molar-refractivity contribution in [2.24, 2.45) is 0 Å². The zero-order valence-electron chi connectivity index (χ0n) is 18.2. The molecule has 0 aliphatic rings. The number of halogens is 2. The van der Waals surface area contributed by atoms with Gasteiger partial charge in [0.1, 0.15) is 12.6 Å². The fraction of sp³-hybridized carbons (Fsp3) is 0.364. The van der Waals surface area contributed by atoms with Crippen LogP contribution in [-0.4, -0.2) is 50.5 Å². The van der Waals surface area contributed by atoms with Crippen molar-refractivity contribution in [3.8, 4) is 0 Å². The average molecular weight is 500 g/mol. The topological polar surface area (TPSA) is 86.8 Å². The van der Waals surface area contributed by atoms with E-state index in [2.05, 4.69) is 5.32 Å². The van der Waals surface area contributed by atoms with Crippen molar-refractivity contribution >= 4 is 50.7 Å². The number of carbonyl (C=O) groups is 2. The van der Waals surface area contributed by atoms with Crippen molar-refractivity contribution < 1.29 is 18.0 Å². The summed E-state index contributed by atoms with van der Waals surface area (Å²) in [6, 6.07) is 12.7. The third kappa shape index (κ3) is 7.12. The molecule has 0 fully saturated rings. The summed E-state index contributed by atoms with van der Waals surface area (Å²) in [6.45, 7) is 3.65. The maximum absolute atomic E-state index is 13.3. The number of hydrogen-bond donors (Lipinski definition) is 1. The molecule has 0 bridgehead atoms. The van der Waals surface area contributed by atoms with Crippen molar-refractivity contribution in [1.82, 2.24) is 10.2 Å². The SMILES string of the molecule is CCCNC(=O)[C@H](C)N(Cc1ccccc1)C(=O)CN(c1ccc(Cl)cc1Cl)S(C)(=O)=O. The first-order valence-electron chi connectivity index (χ1n) is 10.1. The second-order valence-electron chi connectivity index (χ2n) is 7.34. The van der Waals surface area contributed by atoms with E-state index in [1.165, 1.54) is 23.1 Å². The molecule has 2 aromatic rings. The van der Waals surface area contributed by atoms with Gasteiger partial charge in [-0.15, -0.1) is 0 Å². The molecule has 0 aromatic heterocycles. The lowest BCUT2D eigenvalue weighted by Crippen LogP contribution is -2.51. The monoisotopic (exact) mass is 499 g/mol. The second kappa shape index (κ2) is 11.5. The zero-order valence-corrected chi connectivity index (χ0v) is 20.5. The van der Waals surface area contributed by atoms with E-state index in [1.54, 1.807) is 6.92 Å². The smallest absolute Gasteiger partial charge is 0.244 e. The maximum Gasteiger partial charge on any atom is 0.244 e. The summed E-state index contributed by atoms with van der Waals surface area (Å²) in [7, 11) is -3.86. The summed E-state index contributed by atoms with van der Waals surface area (Å²) in [5.41, 5.74) is 0.945. The molecular weight excluding hydrogens is 473 g/mol. The molecule has 0 heterocycles. The Morgan fingerprint density at radius 1 is 1.09 bits per heavy atom. The summed E-state index contributed by atoms with van der Waals surface area (Å²) < 4.78 is 25.9. The second-order valence-corrected chi connectivity index (χ2v) is 10.1. The Morgan fingerprint density at radius 2 is 1.75 bits per heavy atom. The van der Waals surface area contributed by atoms with Crippen LogP contribution in [0.2, 0.25) is 10.0 Å². The highest BCUT2D eigenvalue weighted by molar-refractivity contribution is 7.92. The lowest BCUT2D eigenvalue weighted by atomic mass is 10.1. The van der Waals surface area contributed by atoms with Crippen molar-refractivity contribution in [2.45, 2.75) is 32.9 Å². The number of rotatable bonds is 10. The van der Waals surface area contributed by atoms with Crippen LogP contribution >= 0.6 is 23.2 Å². The molecule has 10 heteroatoms. The fourth-order valence-electron chi connectivity index (χ4n) is 3.04. The van der Waals surface area contributed by atoms with Crippen LogP contribution in [0.25, 0.3) is 0 Å². The van der Waals surface area contributed by atoms with Gasteiger partial charge < -0.3 is 10.2 Å². The van der Waals surface area contributed by atoms with Crippen LogP contribution in [0.4, 0.5) is 5.69 Å². The van der Waals surface area contributed by atoms with Crippen LogP contribution in [-0.2, 0) is 26.2 Å². The van der Waals surface area contributed by atoms with Crippen molar-refractivity contribution in [1.29, 1.82) is 0 Å². The Balaban J connectivity index is 2.38. The molecule has 1 N–H and O–H groups in total. The number of hydrogen-bond acceptors (Lipinski definition) is 4. The first kappa shape index (κ1) is 26.0. The van der Waals surface area contributed by atoms with Gasteiger partial charge in [-0.1, -0.05) is 60.5 Å². The first-order valence-corrected chi connectivity index (χ1v) is 12.7. The minimum atomic E-state index is -3.86. The minimum Gasteiger partial charge on any atom is -0.354 e. The van der Waals surface area contributed by atoms with E-state index in [1.807, 2.05) is 37.3 Å². The van der Waals surface area contributed by atoms with Crippen LogP contribution in [0.1, 0.15) is 25.8 Å². The van der Waals surface area contributed by atoms with E-state index in [0.717, 1.165) is 22.5 Å². The van der Waals surface area contributed by atoms with Gasteiger partial charge in [0.15, 0.2) is 0 Å². The molecule has 2 amide bonds. The number of benzene rings is 2. The average Bonchev–Trinajstić information content (AvgIpc) is 2.74. The standard InChI is InChI=1S/C22H27Cl2N3O4S/c1-4-12-25-22(29)16(2)26(14-17-8-6-5-7-9-17)21(28)15-27(32(3,30)31)20-11-10-18(23)13-19(20)24/h5-11,13,16H,4,12,14-15H2,1-3H3,(H,25,29)/t16-/m0/s1. The van der Waals surface area contributed by atoms with Gasteiger partial charge in [0.25, 0.3) is 0 Å². The third-order valence-corrected chi connectivity index (χ3v) is 6.43. The zero-order chi connectivity index (χ0) is 23.9. The number of carbonyl (C=O) groups excluding carboxylic acids is 2. The molecule has 32 heavy (non-hydrogen) atoms. The third-order valence-electron chi connectivity index (χ3n) is 4.77. The van der Waals surface area contributed by atoms with E-state index in [4.69, 9.17) is 23.2 Å². The highest BCUT2D eigenvalue weighted by atomic mass is 35.5. The number of nitrogens with one attached hydrogen (secondary N) is 1. The van der Waals surface area contributed by atoms with E-state index in [-0.39, 0.29) is 23.2 Å². The highest BCUT2D eigenvalue weighted by Gasteiger charge is 2.30. The van der Waals surface area contributed by atoms with Gasteiger partial charge in [-0.3, -0.25) is 13.9 Å². The molecule has 0 aliphatic heterocycles. The molecule has 0 saturated heterocycles. The molecule has 0 unspecified atom stereocenters. The molecule has 2 aromatic carbocycles. The van der Waals surface area contributed by atoms with E-state index in [9.17, 15) is 18.0 Å². The van der Waals surface area contributed by atoms with Gasteiger partial charge in [0.2, 0.25) is 21.8 Å². The van der Waals surface area contributed by atoms with Gasteiger partial charge in [-0.05, 0) is 37.1 Å². The molecule has 0 saturated carbocycles. The predicted octanol–water partition coefficient (Wildman–Crippen LogP) is 3.70. The summed E-state index contributed by atoms with van der Waals surface area (Å²) in [6.07, 6.45) is 1.74. The summed E-state index contributed by atoms with van der Waals surface area (Å²) in [4.78, 5) is 27.3. The van der Waals surface area contributed by atoms with Crippen molar-refractivity contribution in [3.63, 3.8) is 0 Å². The maximum atomic E-state index is 13.3. The Kier molecular flexibility index (Phi) is 9.36. The van der Waals surface area contributed by atoms with Crippen LogP contribution in [0.5, 0.6) is 0 Å². The lowest BCUT2D eigenvalue weighted by Gasteiger charge is -2.31. The van der Waals surface area contributed by atoms with Crippen LogP contribution in [0.3, 0.4) is 0 Å². The largest absolute Gasteiger partial charge is 0.354 e. The number of sulfonamides is 1. The van der Waals surface area contributed by atoms with E-state index in [0.29, 0.717) is 11.6 Å². The minimum absolute atomic E-state index is 0.0964. The first-order chi connectivity index (χ1) is 15.0. The normalized spacial score (nSPS) is 12.2. The quantitative estimate of drug-likeness (QED) is 0.539. The fourth-order valence-corrected chi connectivity index (χ4v) is 4.46. The Morgan fingerprint density at radius 3 is 2.31 bits per heavy atom. The summed E-state index contributed by atoms with van der Waals surface area (Å²) in [5, 5.41) is 3.22. The molecule has 0 radical (unpaired) electrons. The summed E-state index contributed by atoms with van der Waals surface area (Å²) >= 11 is 12.1. The van der Waals surface area contributed by atoms with Crippen LogP contribution < -0.4 is 9.62 Å². The number of amides is 2. The van der Waals surface area contributed by atoms with E-state index >= 15 is 0 Å². The summed E-state index contributed by atoms with van der Waals surface area (Å²) in [5.74, 6) is -0.851. The Labute approximate surface area is 199 Å². The van der Waals surface area contributed by atoms with Crippen molar-refractivity contribution in [2.75, 3.05) is 23.7 Å². The molecule has 0 aliphatic carbocycles. The van der Waals surface area contributed by atoms with Crippen LogP contribution in [0.15, 0.2) is 48.5 Å². The van der Waals surface area contributed by atoms with Gasteiger partial charge >= 0.3 is 0 Å². The highest BCUT2D eigenvalue weighted by Crippen LogP contribution is 2.30. The Bertz CT molecular complexity index is 1050. The van der Waals surface area contributed by atoms with Crippen molar-refractivity contribution in [3.05, 3.63) is 64.1 Å². The molecule has 174 valence electrons. The number of nitrogens with zero attached hydrogens (tertiary/aromatic N) is 2. The van der Waals surface area contributed by atoms with Gasteiger partial charge in [0, 0.05) is 18.1 Å². The van der Waals surface area contributed by atoms with E-state index < -0.39 is 28.5 Å². The lowest BCUT2D eigenvalue weighted by molar-refractivity contribution is -0.139. The van der Waals surface area contributed by atoms with Gasteiger partial charge in [-0.2, -0.15) is 0 Å². The molecular formula is C22H27Cl2N3O4S. The van der Waals surface area contributed by atoms with Gasteiger partial charge in [0.05, 0.1) is 17.0 Å². The predicted molar refractivity (Wildman–Crippen MR) is 128 cm³/mol. The molecule has 2 rings (SSSR count). The van der Waals surface area contributed by atoms with Crippen LogP contribution in [0, 0.1) is 0 Å².